The van der Waals surface area contributed by atoms with Crippen molar-refractivity contribution < 1.29 is 14.3 Å². The summed E-state index contributed by atoms with van der Waals surface area (Å²) in [5, 5.41) is 2.98. The minimum absolute atomic E-state index is 0.0557. The highest BCUT2D eigenvalue weighted by atomic mass is 16.5. The molecule has 6 nitrogen and oxygen atoms in total. The van der Waals surface area contributed by atoms with E-state index < -0.39 is 0 Å². The maximum absolute atomic E-state index is 12.9. The lowest BCUT2D eigenvalue weighted by Crippen LogP contribution is -2.35. The van der Waals surface area contributed by atoms with E-state index >= 15 is 0 Å². The van der Waals surface area contributed by atoms with Gasteiger partial charge in [0, 0.05) is 31.6 Å². The van der Waals surface area contributed by atoms with Crippen LogP contribution in [0.25, 0.3) is 0 Å². The number of likely N-dealkylation sites (tertiary alicyclic amines) is 1. The van der Waals surface area contributed by atoms with Crippen LogP contribution in [0.5, 0.6) is 5.75 Å². The standard InChI is InChI=1S/C21H25N3O3/c1-3-20(25)24-13-18(15-7-6-9-17(11-15)27-2)19(14-24)21(26)23-12-16-8-4-5-10-22-16/h4-11,18-19H,3,12-14H2,1-2H3,(H,23,26)/t18-,19-/m0/s1. The molecule has 142 valence electrons. The van der Waals surface area contributed by atoms with Gasteiger partial charge in [-0.2, -0.15) is 0 Å². The van der Waals surface area contributed by atoms with Gasteiger partial charge < -0.3 is 15.0 Å². The molecule has 0 unspecified atom stereocenters. The molecule has 1 aromatic carbocycles. The number of pyridine rings is 1. The molecule has 1 saturated heterocycles. The van der Waals surface area contributed by atoms with Crippen LogP contribution in [0.4, 0.5) is 0 Å². The molecule has 1 N–H and O–H groups in total. The van der Waals surface area contributed by atoms with Gasteiger partial charge >= 0.3 is 0 Å². The number of hydrogen-bond donors (Lipinski definition) is 1. The smallest absolute Gasteiger partial charge is 0.225 e. The predicted molar refractivity (Wildman–Crippen MR) is 102 cm³/mol. The summed E-state index contributed by atoms with van der Waals surface area (Å²) in [5.41, 5.74) is 1.82. The van der Waals surface area contributed by atoms with Crippen molar-refractivity contribution in [3.8, 4) is 5.75 Å². The number of methoxy groups -OCH3 is 1. The Morgan fingerprint density at radius 2 is 2.07 bits per heavy atom. The zero-order chi connectivity index (χ0) is 19.2. The molecule has 1 aromatic heterocycles. The molecular formula is C21H25N3O3. The fourth-order valence-corrected chi connectivity index (χ4v) is 3.52. The molecule has 0 bridgehead atoms. The normalized spacial score (nSPS) is 19.0. The van der Waals surface area contributed by atoms with Gasteiger partial charge in [-0.3, -0.25) is 14.6 Å². The van der Waals surface area contributed by atoms with Crippen LogP contribution in [0.3, 0.4) is 0 Å². The zero-order valence-corrected chi connectivity index (χ0v) is 15.7. The Morgan fingerprint density at radius 1 is 1.22 bits per heavy atom. The first kappa shape index (κ1) is 18.9. The van der Waals surface area contributed by atoms with Crippen molar-refractivity contribution in [1.82, 2.24) is 15.2 Å². The summed E-state index contributed by atoms with van der Waals surface area (Å²) < 4.78 is 5.32. The Morgan fingerprint density at radius 3 is 2.78 bits per heavy atom. The molecular weight excluding hydrogens is 342 g/mol. The monoisotopic (exact) mass is 367 g/mol. The zero-order valence-electron chi connectivity index (χ0n) is 15.7. The topological polar surface area (TPSA) is 71.5 Å². The molecule has 2 heterocycles. The van der Waals surface area contributed by atoms with Gasteiger partial charge in [0.2, 0.25) is 11.8 Å². The molecule has 0 radical (unpaired) electrons. The van der Waals surface area contributed by atoms with E-state index in [4.69, 9.17) is 4.74 Å². The van der Waals surface area contributed by atoms with Crippen LogP contribution in [0, 0.1) is 5.92 Å². The molecule has 6 heteroatoms. The number of hydrogen-bond acceptors (Lipinski definition) is 4. The first-order valence-corrected chi connectivity index (χ1v) is 9.21. The quantitative estimate of drug-likeness (QED) is 0.851. The van der Waals surface area contributed by atoms with Gasteiger partial charge in [-0.25, -0.2) is 0 Å². The number of nitrogens with zero attached hydrogens (tertiary/aromatic N) is 2. The van der Waals surface area contributed by atoms with Crippen LogP contribution >= 0.6 is 0 Å². The number of nitrogens with one attached hydrogen (secondary N) is 1. The van der Waals surface area contributed by atoms with E-state index in [9.17, 15) is 9.59 Å². The summed E-state index contributed by atoms with van der Waals surface area (Å²) in [4.78, 5) is 31.2. The van der Waals surface area contributed by atoms with E-state index in [0.29, 0.717) is 26.1 Å². The minimum Gasteiger partial charge on any atom is -0.497 e. The average molecular weight is 367 g/mol. The highest BCUT2D eigenvalue weighted by molar-refractivity contribution is 5.83. The number of aromatic nitrogens is 1. The van der Waals surface area contributed by atoms with Crippen molar-refractivity contribution in [2.75, 3.05) is 20.2 Å². The molecule has 0 spiro atoms. The van der Waals surface area contributed by atoms with E-state index in [-0.39, 0.29) is 23.7 Å². The predicted octanol–water partition coefficient (Wildman–Crippen LogP) is 2.36. The van der Waals surface area contributed by atoms with Gasteiger partial charge in [0.25, 0.3) is 0 Å². The molecule has 27 heavy (non-hydrogen) atoms. The molecule has 0 saturated carbocycles. The third-order valence-corrected chi connectivity index (χ3v) is 5.00. The van der Waals surface area contributed by atoms with Crippen molar-refractivity contribution in [3.63, 3.8) is 0 Å². The van der Waals surface area contributed by atoms with Crippen LogP contribution in [0.15, 0.2) is 48.7 Å². The van der Waals surface area contributed by atoms with Gasteiger partial charge in [-0.1, -0.05) is 25.1 Å². The summed E-state index contributed by atoms with van der Waals surface area (Å²) in [7, 11) is 1.62. The fourth-order valence-electron chi connectivity index (χ4n) is 3.52. The number of ether oxygens (including phenoxy) is 1. The van der Waals surface area contributed by atoms with Crippen LogP contribution in [0.1, 0.15) is 30.5 Å². The molecule has 1 aliphatic heterocycles. The molecule has 0 aliphatic carbocycles. The maximum Gasteiger partial charge on any atom is 0.225 e. The number of amides is 2. The summed E-state index contributed by atoms with van der Waals surface area (Å²) >= 11 is 0. The lowest BCUT2D eigenvalue weighted by Gasteiger charge is -2.18. The fraction of sp³-hybridized carbons (Fsp3) is 0.381. The Kier molecular flexibility index (Phi) is 6.06. The highest BCUT2D eigenvalue weighted by Gasteiger charge is 2.40. The van der Waals surface area contributed by atoms with Crippen LogP contribution < -0.4 is 10.1 Å². The average Bonchev–Trinajstić information content (AvgIpc) is 3.18. The number of carbonyl (C=O) groups excluding carboxylic acids is 2. The third-order valence-electron chi connectivity index (χ3n) is 5.00. The Hall–Kier alpha value is -2.89. The van der Waals surface area contributed by atoms with E-state index in [1.807, 2.05) is 49.4 Å². The molecule has 2 amide bonds. The van der Waals surface area contributed by atoms with E-state index in [1.165, 1.54) is 0 Å². The summed E-state index contributed by atoms with van der Waals surface area (Å²) in [6, 6.07) is 13.3. The van der Waals surface area contributed by atoms with E-state index in [1.54, 1.807) is 18.2 Å². The summed E-state index contributed by atoms with van der Waals surface area (Å²) in [6.07, 6.45) is 2.14. The summed E-state index contributed by atoms with van der Waals surface area (Å²) in [6.45, 7) is 3.20. The number of rotatable bonds is 6. The Labute approximate surface area is 159 Å². The van der Waals surface area contributed by atoms with Crippen molar-refractivity contribution >= 4 is 11.8 Å². The van der Waals surface area contributed by atoms with Gasteiger partial charge in [0.15, 0.2) is 0 Å². The third kappa shape index (κ3) is 4.45. The highest BCUT2D eigenvalue weighted by Crippen LogP contribution is 2.34. The maximum atomic E-state index is 12.9. The largest absolute Gasteiger partial charge is 0.497 e. The van der Waals surface area contributed by atoms with Crippen molar-refractivity contribution in [2.45, 2.75) is 25.8 Å². The van der Waals surface area contributed by atoms with Gasteiger partial charge in [-0.05, 0) is 29.8 Å². The molecule has 1 fully saturated rings. The van der Waals surface area contributed by atoms with E-state index in [0.717, 1.165) is 17.0 Å². The molecule has 3 rings (SSSR count). The second-order valence-electron chi connectivity index (χ2n) is 6.68. The van der Waals surface area contributed by atoms with Crippen LogP contribution in [-0.4, -0.2) is 41.9 Å². The Balaban J connectivity index is 1.78. The van der Waals surface area contributed by atoms with Crippen molar-refractivity contribution in [1.29, 1.82) is 0 Å². The van der Waals surface area contributed by atoms with Crippen molar-refractivity contribution in [2.24, 2.45) is 5.92 Å². The SMILES string of the molecule is CCC(=O)N1C[C@H](C(=O)NCc2ccccn2)[C@H](c2cccc(OC)c2)C1. The minimum atomic E-state index is -0.295. The first-order chi connectivity index (χ1) is 13.1. The number of carbonyl (C=O) groups is 2. The second kappa shape index (κ2) is 8.66. The number of benzene rings is 1. The lowest BCUT2D eigenvalue weighted by atomic mass is 9.88. The van der Waals surface area contributed by atoms with Crippen LogP contribution in [-0.2, 0) is 16.1 Å². The Bertz CT molecular complexity index is 794. The van der Waals surface area contributed by atoms with Crippen LogP contribution in [0.2, 0.25) is 0 Å². The van der Waals surface area contributed by atoms with Gasteiger partial charge in [0.05, 0.1) is 25.3 Å². The molecule has 1 aliphatic rings. The second-order valence-corrected chi connectivity index (χ2v) is 6.68. The van der Waals surface area contributed by atoms with Gasteiger partial charge in [-0.15, -0.1) is 0 Å². The molecule has 2 atom stereocenters. The van der Waals surface area contributed by atoms with E-state index in [2.05, 4.69) is 10.3 Å². The van der Waals surface area contributed by atoms with Gasteiger partial charge in [0.1, 0.15) is 5.75 Å². The van der Waals surface area contributed by atoms with Crippen molar-refractivity contribution in [3.05, 3.63) is 59.9 Å². The summed E-state index contributed by atoms with van der Waals surface area (Å²) in [5.74, 6) is 0.416. The lowest BCUT2D eigenvalue weighted by molar-refractivity contribution is -0.130. The first-order valence-electron chi connectivity index (χ1n) is 9.21. The molecule has 2 aromatic rings.